The van der Waals surface area contributed by atoms with Gasteiger partial charge in [0.25, 0.3) is 0 Å². The zero-order chi connectivity index (χ0) is 0. The second-order valence-electron chi connectivity index (χ2n) is 0. The van der Waals surface area contributed by atoms with Gasteiger partial charge < -0.3 is 28.2 Å². The number of hydrogen-bond donors (Lipinski definition) is 0. The Bertz CT molecular complexity index is 4.14. The molecular formula is F6Pt-6. The molecule has 58 valence electrons. The van der Waals surface area contributed by atoms with Crippen LogP contribution in [0.3, 0.4) is 0 Å². The fourth-order valence-corrected chi connectivity index (χ4v) is 0. The summed E-state index contributed by atoms with van der Waals surface area (Å²) in [6.45, 7) is 0. The second kappa shape index (κ2) is 2420. The van der Waals surface area contributed by atoms with Crippen LogP contribution in [0.25, 0.3) is 0 Å². The SMILES string of the molecule is [F-].[F-].[F-].[F-].[F-].[F-].[Pt]. The summed E-state index contributed by atoms with van der Waals surface area (Å²) in [6.07, 6.45) is 0. The summed E-state index contributed by atoms with van der Waals surface area (Å²) >= 11 is 0. The molecule has 7 heteroatoms. The van der Waals surface area contributed by atoms with Crippen LogP contribution in [-0.2, 0) is 21.1 Å². The third-order valence-corrected chi connectivity index (χ3v) is 0. The molecule has 0 amide bonds. The number of halogens is 6. The summed E-state index contributed by atoms with van der Waals surface area (Å²) in [4.78, 5) is 0. The molecule has 7 heavy (non-hydrogen) atoms. The van der Waals surface area contributed by atoms with Crippen molar-refractivity contribution in [2.45, 2.75) is 0 Å². The molecule has 0 atom stereocenters. The van der Waals surface area contributed by atoms with Crippen LogP contribution in [0.2, 0.25) is 0 Å². The van der Waals surface area contributed by atoms with Crippen LogP contribution < -0.4 is 28.2 Å². The summed E-state index contributed by atoms with van der Waals surface area (Å²) in [5, 5.41) is 0. The molecule has 0 unspecified atom stereocenters. The van der Waals surface area contributed by atoms with Crippen LogP contribution in [0, 0.1) is 0 Å². The van der Waals surface area contributed by atoms with Crippen molar-refractivity contribution in [2.24, 2.45) is 0 Å². The first-order valence-corrected chi connectivity index (χ1v) is 0. The Balaban J connectivity index is 0. The van der Waals surface area contributed by atoms with Crippen molar-refractivity contribution < 1.29 is 49.3 Å². The largest absolute Gasteiger partial charge is 1.00 e. The van der Waals surface area contributed by atoms with Crippen LogP contribution in [0.1, 0.15) is 0 Å². The van der Waals surface area contributed by atoms with Gasteiger partial charge in [0.05, 0.1) is 0 Å². The Labute approximate surface area is 50.1 Å². The Morgan fingerprint density at radius 3 is 0.286 bits per heavy atom. The summed E-state index contributed by atoms with van der Waals surface area (Å²) in [7, 11) is 0. The van der Waals surface area contributed by atoms with Crippen LogP contribution in [-0.4, -0.2) is 0 Å². The standard InChI is InChI=1S/6FH.Pt/h6*1H;/p-6. The van der Waals surface area contributed by atoms with Gasteiger partial charge in [-0.15, -0.1) is 0 Å². The minimum absolute atomic E-state index is 0. The van der Waals surface area contributed by atoms with Crippen LogP contribution in [0.4, 0.5) is 0 Å². The van der Waals surface area contributed by atoms with E-state index in [1.807, 2.05) is 0 Å². The predicted octanol–water partition coefficient (Wildman–Crippen LogP) is -18.0. The molecule has 0 bridgehead atoms. The van der Waals surface area contributed by atoms with E-state index in [-0.39, 0.29) is 49.3 Å². The molecule has 0 radical (unpaired) electrons. The molecule has 0 heterocycles. The monoisotopic (exact) mass is 309 g/mol. The molecule has 0 fully saturated rings. The Morgan fingerprint density at radius 2 is 0.286 bits per heavy atom. The number of hydrogen-bond acceptors (Lipinski definition) is 0. The predicted molar refractivity (Wildman–Crippen MR) is 0 cm³/mol. The van der Waals surface area contributed by atoms with E-state index in [1.165, 1.54) is 0 Å². The van der Waals surface area contributed by atoms with E-state index in [0.29, 0.717) is 0 Å². The maximum absolute atomic E-state index is 0. The maximum atomic E-state index is 0. The van der Waals surface area contributed by atoms with Crippen LogP contribution >= 0.6 is 0 Å². The summed E-state index contributed by atoms with van der Waals surface area (Å²) in [5.41, 5.74) is 0. The maximum Gasteiger partial charge on any atom is 0 e. The van der Waals surface area contributed by atoms with Crippen LogP contribution in [0.5, 0.6) is 0 Å². The van der Waals surface area contributed by atoms with Gasteiger partial charge >= 0.3 is 0 Å². The van der Waals surface area contributed by atoms with Crippen molar-refractivity contribution in [3.05, 3.63) is 0 Å². The zero-order valence-corrected chi connectivity index (χ0v) is 4.86. The molecule has 0 saturated heterocycles. The molecule has 0 aromatic carbocycles. The van der Waals surface area contributed by atoms with Gasteiger partial charge in [-0.05, 0) is 0 Å². The summed E-state index contributed by atoms with van der Waals surface area (Å²) < 4.78 is 0. The average molecular weight is 309 g/mol. The van der Waals surface area contributed by atoms with Gasteiger partial charge in [-0.3, -0.25) is 0 Å². The smallest absolute Gasteiger partial charge is 0 e. The van der Waals surface area contributed by atoms with Gasteiger partial charge in [-0.25, -0.2) is 0 Å². The van der Waals surface area contributed by atoms with Crippen molar-refractivity contribution >= 4 is 0 Å². The fraction of sp³-hybridized carbons (Fsp3) is 0. The Morgan fingerprint density at radius 1 is 0.286 bits per heavy atom. The first-order chi connectivity index (χ1) is 0. The van der Waals surface area contributed by atoms with Crippen molar-refractivity contribution in [2.75, 3.05) is 0 Å². The molecule has 0 saturated carbocycles. The molecule has 0 aromatic heterocycles. The van der Waals surface area contributed by atoms with Gasteiger partial charge in [0.2, 0.25) is 0 Å². The van der Waals surface area contributed by atoms with E-state index >= 15 is 0 Å². The topological polar surface area (TPSA) is 0 Å². The second-order valence-corrected chi connectivity index (χ2v) is 0. The van der Waals surface area contributed by atoms with E-state index in [1.54, 1.807) is 0 Å². The molecule has 0 spiro atoms. The molecule has 0 aliphatic heterocycles. The molecule has 0 N–H and O–H groups in total. The third kappa shape index (κ3) is 1590. The fourth-order valence-electron chi connectivity index (χ4n) is 0. The molecule has 0 aliphatic rings. The normalized spacial score (nSPS) is 0. The minimum atomic E-state index is 0. The number of rotatable bonds is 0. The van der Waals surface area contributed by atoms with Crippen molar-refractivity contribution in [1.82, 2.24) is 0 Å². The quantitative estimate of drug-likeness (QED) is 0.390. The van der Waals surface area contributed by atoms with Gasteiger partial charge in [0.1, 0.15) is 0 Å². The van der Waals surface area contributed by atoms with E-state index in [9.17, 15) is 0 Å². The first kappa shape index (κ1) is 3970. The van der Waals surface area contributed by atoms with Crippen molar-refractivity contribution in [1.29, 1.82) is 0 Å². The molecular weight excluding hydrogens is 309 g/mol. The third-order valence-electron chi connectivity index (χ3n) is 0. The molecule has 0 rings (SSSR count). The Hall–Kier alpha value is 0.268. The van der Waals surface area contributed by atoms with Crippen molar-refractivity contribution in [3.8, 4) is 0 Å². The zero-order valence-electron chi connectivity index (χ0n) is 2.58. The van der Waals surface area contributed by atoms with Crippen LogP contribution in [0.15, 0.2) is 0 Å². The molecule has 0 aromatic rings. The minimum Gasteiger partial charge on any atom is -1.00 e. The molecule has 0 aliphatic carbocycles. The van der Waals surface area contributed by atoms with Gasteiger partial charge in [-0.1, -0.05) is 0 Å². The van der Waals surface area contributed by atoms with Crippen molar-refractivity contribution in [3.63, 3.8) is 0 Å². The van der Waals surface area contributed by atoms with Gasteiger partial charge in [0.15, 0.2) is 0 Å². The van der Waals surface area contributed by atoms with Gasteiger partial charge in [0, 0.05) is 21.1 Å². The van der Waals surface area contributed by atoms with E-state index < -0.39 is 0 Å². The summed E-state index contributed by atoms with van der Waals surface area (Å²) in [5.74, 6) is 0. The summed E-state index contributed by atoms with van der Waals surface area (Å²) in [6, 6.07) is 0. The Kier molecular flexibility index (Phi) is 1370000. The average Bonchev–Trinajstić information content (AvgIpc) is 0. The van der Waals surface area contributed by atoms with E-state index in [0.717, 1.165) is 0 Å². The molecule has 0 nitrogen and oxygen atoms in total. The van der Waals surface area contributed by atoms with E-state index in [2.05, 4.69) is 0 Å². The first-order valence-electron chi connectivity index (χ1n) is 0. The van der Waals surface area contributed by atoms with E-state index in [4.69, 9.17) is 0 Å². The van der Waals surface area contributed by atoms with Gasteiger partial charge in [-0.2, -0.15) is 0 Å².